The molecular weight excluding hydrogens is 244 g/mol. The third-order valence-electron chi connectivity index (χ3n) is 3.35. The predicted octanol–water partition coefficient (Wildman–Crippen LogP) is 0.154. The molecule has 1 rings (SSSR count). The van der Waals surface area contributed by atoms with Crippen molar-refractivity contribution in [3.63, 3.8) is 0 Å². The van der Waals surface area contributed by atoms with Crippen LogP contribution in [0.4, 0.5) is 4.79 Å². The van der Waals surface area contributed by atoms with Crippen LogP contribution >= 0.6 is 0 Å². The Morgan fingerprint density at radius 3 is 2.42 bits per heavy atom. The highest BCUT2D eigenvalue weighted by molar-refractivity contribution is 5.95. The minimum atomic E-state index is -0.408. The molecule has 0 aromatic carbocycles. The van der Waals surface area contributed by atoms with Gasteiger partial charge in [-0.2, -0.15) is 0 Å². The molecule has 3 amide bonds. The normalized spacial score (nSPS) is 17.2. The van der Waals surface area contributed by atoms with E-state index in [1.165, 1.54) is 0 Å². The molecule has 0 saturated carbocycles. The molecule has 0 atom stereocenters. The molecule has 1 fully saturated rings. The number of nitrogens with one attached hydrogen (secondary N) is 3. The van der Waals surface area contributed by atoms with Crippen LogP contribution in [0.25, 0.3) is 0 Å². The summed E-state index contributed by atoms with van der Waals surface area (Å²) in [5.74, 6) is 0.485. The van der Waals surface area contributed by atoms with Crippen molar-refractivity contribution >= 4 is 11.9 Å². The van der Waals surface area contributed by atoms with Gasteiger partial charge in [-0.25, -0.2) is 4.79 Å². The van der Waals surface area contributed by atoms with Crippen LogP contribution in [0.15, 0.2) is 0 Å². The highest BCUT2D eigenvalue weighted by Crippen LogP contribution is 2.15. The number of amides is 3. The second-order valence-corrected chi connectivity index (χ2v) is 4.93. The van der Waals surface area contributed by atoms with Crippen LogP contribution < -0.4 is 16.0 Å². The number of imide groups is 1. The number of carbonyl (C=O) groups excluding carboxylic acids is 2. The van der Waals surface area contributed by atoms with Crippen molar-refractivity contribution in [1.82, 2.24) is 20.9 Å². The molecule has 0 radical (unpaired) electrons. The zero-order valence-electron chi connectivity index (χ0n) is 12.0. The zero-order valence-corrected chi connectivity index (χ0v) is 12.0. The molecule has 1 heterocycles. The SMILES string of the molecule is CCNCC1CCN(CC(=O)NC(=O)NCC)CC1. The fourth-order valence-electron chi connectivity index (χ4n) is 2.27. The molecule has 1 aliphatic heterocycles. The molecule has 0 unspecified atom stereocenters. The van der Waals surface area contributed by atoms with Crippen molar-refractivity contribution < 1.29 is 9.59 Å². The minimum Gasteiger partial charge on any atom is -0.338 e. The van der Waals surface area contributed by atoms with Crippen LogP contribution in [0.2, 0.25) is 0 Å². The summed E-state index contributed by atoms with van der Waals surface area (Å²) in [6.45, 7) is 8.70. The molecule has 6 heteroatoms. The van der Waals surface area contributed by atoms with Crippen molar-refractivity contribution in [1.29, 1.82) is 0 Å². The molecule has 0 bridgehead atoms. The van der Waals surface area contributed by atoms with E-state index in [-0.39, 0.29) is 5.91 Å². The third kappa shape index (κ3) is 6.54. The molecule has 3 N–H and O–H groups in total. The number of likely N-dealkylation sites (tertiary alicyclic amines) is 1. The van der Waals surface area contributed by atoms with Crippen LogP contribution in [0.3, 0.4) is 0 Å². The van der Waals surface area contributed by atoms with Crippen molar-refractivity contribution in [2.24, 2.45) is 5.92 Å². The molecule has 19 heavy (non-hydrogen) atoms. The van der Waals surface area contributed by atoms with Crippen LogP contribution in [0.5, 0.6) is 0 Å². The lowest BCUT2D eigenvalue weighted by Crippen LogP contribution is -2.46. The van der Waals surface area contributed by atoms with E-state index >= 15 is 0 Å². The summed E-state index contributed by atoms with van der Waals surface area (Å²) >= 11 is 0. The van der Waals surface area contributed by atoms with Crippen LogP contribution in [0, 0.1) is 5.92 Å². The zero-order chi connectivity index (χ0) is 14.1. The maximum Gasteiger partial charge on any atom is 0.321 e. The molecule has 0 aliphatic carbocycles. The molecule has 0 aromatic rings. The van der Waals surface area contributed by atoms with E-state index in [1.54, 1.807) is 0 Å². The van der Waals surface area contributed by atoms with Gasteiger partial charge in [-0.1, -0.05) is 6.92 Å². The van der Waals surface area contributed by atoms with Gasteiger partial charge in [-0.05, 0) is 51.9 Å². The number of urea groups is 1. The number of carbonyl (C=O) groups is 2. The fourth-order valence-corrected chi connectivity index (χ4v) is 2.27. The maximum absolute atomic E-state index is 11.6. The Labute approximate surface area is 115 Å². The number of rotatable bonds is 6. The molecule has 1 aliphatic rings. The van der Waals surface area contributed by atoms with E-state index in [9.17, 15) is 9.59 Å². The second-order valence-electron chi connectivity index (χ2n) is 4.93. The number of hydrogen-bond donors (Lipinski definition) is 3. The molecule has 0 spiro atoms. The van der Waals surface area contributed by atoms with Crippen LogP contribution in [0.1, 0.15) is 26.7 Å². The first-order valence-electron chi connectivity index (χ1n) is 7.16. The lowest BCUT2D eigenvalue weighted by atomic mass is 9.97. The van der Waals surface area contributed by atoms with Gasteiger partial charge < -0.3 is 10.6 Å². The highest BCUT2D eigenvalue weighted by atomic mass is 16.2. The summed E-state index contributed by atoms with van der Waals surface area (Å²) in [5.41, 5.74) is 0. The van der Waals surface area contributed by atoms with E-state index in [0.29, 0.717) is 19.0 Å². The second kappa shape index (κ2) is 8.87. The van der Waals surface area contributed by atoms with Gasteiger partial charge in [0.1, 0.15) is 0 Å². The topological polar surface area (TPSA) is 73.5 Å². The van der Waals surface area contributed by atoms with Crippen LogP contribution in [-0.2, 0) is 4.79 Å². The minimum absolute atomic E-state index is 0.226. The van der Waals surface area contributed by atoms with Crippen molar-refractivity contribution in [3.8, 4) is 0 Å². The largest absolute Gasteiger partial charge is 0.338 e. The Balaban J connectivity index is 2.18. The average Bonchev–Trinajstić information content (AvgIpc) is 2.38. The third-order valence-corrected chi connectivity index (χ3v) is 3.35. The van der Waals surface area contributed by atoms with E-state index in [2.05, 4.69) is 27.8 Å². The first kappa shape index (κ1) is 15.9. The smallest absolute Gasteiger partial charge is 0.321 e. The quantitative estimate of drug-likeness (QED) is 0.642. The van der Waals surface area contributed by atoms with Crippen molar-refractivity contribution in [2.75, 3.05) is 39.3 Å². The number of hydrogen-bond acceptors (Lipinski definition) is 4. The average molecular weight is 270 g/mol. The van der Waals surface area contributed by atoms with E-state index in [1.807, 2.05) is 6.92 Å². The van der Waals surface area contributed by atoms with Gasteiger partial charge in [-0.3, -0.25) is 15.0 Å². The number of nitrogens with zero attached hydrogens (tertiary/aromatic N) is 1. The fraction of sp³-hybridized carbons (Fsp3) is 0.846. The van der Waals surface area contributed by atoms with Gasteiger partial charge in [0.25, 0.3) is 0 Å². The van der Waals surface area contributed by atoms with Crippen molar-refractivity contribution in [2.45, 2.75) is 26.7 Å². The Morgan fingerprint density at radius 2 is 1.84 bits per heavy atom. The molecule has 0 aromatic heterocycles. The molecule has 110 valence electrons. The molecular formula is C13H26N4O2. The summed E-state index contributed by atoms with van der Waals surface area (Å²) in [5, 5.41) is 8.24. The number of piperidine rings is 1. The lowest BCUT2D eigenvalue weighted by Gasteiger charge is -2.31. The van der Waals surface area contributed by atoms with Gasteiger partial charge in [0.05, 0.1) is 6.54 Å². The summed E-state index contributed by atoms with van der Waals surface area (Å²) in [4.78, 5) is 24.9. The molecule has 6 nitrogen and oxygen atoms in total. The summed E-state index contributed by atoms with van der Waals surface area (Å²) in [6.07, 6.45) is 2.23. The van der Waals surface area contributed by atoms with Gasteiger partial charge in [0, 0.05) is 6.54 Å². The van der Waals surface area contributed by atoms with Gasteiger partial charge in [0.15, 0.2) is 0 Å². The first-order chi connectivity index (χ1) is 9.15. The summed E-state index contributed by atoms with van der Waals surface area (Å²) < 4.78 is 0. The highest BCUT2D eigenvalue weighted by Gasteiger charge is 2.20. The van der Waals surface area contributed by atoms with Gasteiger partial charge >= 0.3 is 6.03 Å². The van der Waals surface area contributed by atoms with Gasteiger partial charge in [0.2, 0.25) is 5.91 Å². The summed E-state index contributed by atoms with van der Waals surface area (Å²) in [6, 6.07) is -0.408. The molecule has 1 saturated heterocycles. The Bertz CT molecular complexity index is 288. The monoisotopic (exact) mass is 270 g/mol. The Hall–Kier alpha value is -1.14. The Morgan fingerprint density at radius 1 is 1.16 bits per heavy atom. The van der Waals surface area contributed by atoms with Crippen LogP contribution in [-0.4, -0.2) is 56.1 Å². The lowest BCUT2D eigenvalue weighted by molar-refractivity contribution is -0.121. The standard InChI is InChI=1S/C13H26N4O2/c1-3-14-9-11-5-7-17(8-6-11)10-12(18)16-13(19)15-4-2/h11,14H,3-10H2,1-2H3,(H2,15,16,18,19). The van der Waals surface area contributed by atoms with E-state index in [0.717, 1.165) is 39.0 Å². The maximum atomic E-state index is 11.6. The Kier molecular flexibility index (Phi) is 7.43. The van der Waals surface area contributed by atoms with Crippen molar-refractivity contribution in [3.05, 3.63) is 0 Å². The van der Waals surface area contributed by atoms with Gasteiger partial charge in [-0.15, -0.1) is 0 Å². The van der Waals surface area contributed by atoms with E-state index in [4.69, 9.17) is 0 Å². The summed E-state index contributed by atoms with van der Waals surface area (Å²) in [7, 11) is 0. The first-order valence-corrected chi connectivity index (χ1v) is 7.16. The van der Waals surface area contributed by atoms with E-state index < -0.39 is 6.03 Å². The predicted molar refractivity (Wildman–Crippen MR) is 74.9 cm³/mol.